The number of hydrogen-bond donors (Lipinski definition) is 0. The standard InChI is InChI=1S/C12H10BrN3OS/c1-2-16-11(17)9-7-8(13)3-4-10(9)15-12(16)18-6-5-14/h3-4,7H,2,6H2,1H3. The molecule has 4 nitrogen and oxygen atoms in total. The molecule has 1 aromatic heterocycles. The summed E-state index contributed by atoms with van der Waals surface area (Å²) in [7, 11) is 0. The molecule has 0 aliphatic heterocycles. The molecule has 1 heterocycles. The molecular formula is C12H10BrN3OS. The quantitative estimate of drug-likeness (QED) is 0.643. The van der Waals surface area contributed by atoms with Crippen LogP contribution >= 0.6 is 27.7 Å². The molecule has 2 rings (SSSR count). The fraction of sp³-hybridized carbons (Fsp3) is 0.250. The maximum Gasteiger partial charge on any atom is 0.262 e. The van der Waals surface area contributed by atoms with Crippen molar-refractivity contribution in [2.45, 2.75) is 18.6 Å². The van der Waals surface area contributed by atoms with Crippen molar-refractivity contribution >= 4 is 38.6 Å². The van der Waals surface area contributed by atoms with E-state index in [1.807, 2.05) is 19.1 Å². The van der Waals surface area contributed by atoms with Crippen molar-refractivity contribution in [3.63, 3.8) is 0 Å². The van der Waals surface area contributed by atoms with Gasteiger partial charge in [0, 0.05) is 11.0 Å². The number of benzene rings is 1. The monoisotopic (exact) mass is 323 g/mol. The van der Waals surface area contributed by atoms with Crippen LogP contribution in [0.4, 0.5) is 0 Å². The van der Waals surface area contributed by atoms with Crippen LogP contribution in [0.3, 0.4) is 0 Å². The maximum absolute atomic E-state index is 12.3. The van der Waals surface area contributed by atoms with Gasteiger partial charge < -0.3 is 0 Å². The molecule has 0 amide bonds. The predicted octanol–water partition coefficient (Wildman–Crippen LogP) is 2.79. The van der Waals surface area contributed by atoms with E-state index in [0.717, 1.165) is 4.47 Å². The van der Waals surface area contributed by atoms with Gasteiger partial charge in [0.05, 0.1) is 22.7 Å². The van der Waals surface area contributed by atoms with E-state index in [9.17, 15) is 4.79 Å². The molecule has 0 unspecified atom stereocenters. The number of hydrogen-bond acceptors (Lipinski definition) is 4. The molecule has 0 aliphatic rings. The molecule has 0 fully saturated rings. The minimum Gasteiger partial charge on any atom is -0.287 e. The highest BCUT2D eigenvalue weighted by atomic mass is 79.9. The molecule has 92 valence electrons. The normalized spacial score (nSPS) is 10.5. The molecule has 0 spiro atoms. The molecule has 0 saturated heterocycles. The van der Waals surface area contributed by atoms with Gasteiger partial charge in [-0.25, -0.2) is 4.98 Å². The zero-order valence-corrected chi connectivity index (χ0v) is 12.1. The highest BCUT2D eigenvalue weighted by Gasteiger charge is 2.10. The van der Waals surface area contributed by atoms with Crippen molar-refractivity contribution in [1.29, 1.82) is 5.26 Å². The van der Waals surface area contributed by atoms with Gasteiger partial charge in [-0.15, -0.1) is 0 Å². The molecule has 0 bridgehead atoms. The van der Waals surface area contributed by atoms with E-state index < -0.39 is 0 Å². The van der Waals surface area contributed by atoms with Crippen molar-refractivity contribution in [3.05, 3.63) is 33.0 Å². The van der Waals surface area contributed by atoms with Crippen LogP contribution in [0.2, 0.25) is 0 Å². The van der Waals surface area contributed by atoms with E-state index in [1.165, 1.54) is 11.8 Å². The lowest BCUT2D eigenvalue weighted by atomic mass is 10.2. The highest BCUT2D eigenvalue weighted by molar-refractivity contribution is 9.10. The van der Waals surface area contributed by atoms with Gasteiger partial charge in [-0.05, 0) is 25.1 Å². The lowest BCUT2D eigenvalue weighted by Crippen LogP contribution is -2.22. The largest absolute Gasteiger partial charge is 0.287 e. The van der Waals surface area contributed by atoms with Gasteiger partial charge in [-0.2, -0.15) is 5.26 Å². The lowest BCUT2D eigenvalue weighted by Gasteiger charge is -2.09. The predicted molar refractivity (Wildman–Crippen MR) is 75.7 cm³/mol. The second-order valence-corrected chi connectivity index (χ2v) is 5.41. The molecule has 0 aliphatic carbocycles. The van der Waals surface area contributed by atoms with Crippen molar-refractivity contribution in [3.8, 4) is 6.07 Å². The molecule has 1 aromatic carbocycles. The molecule has 0 radical (unpaired) electrons. The van der Waals surface area contributed by atoms with Gasteiger partial charge in [-0.3, -0.25) is 9.36 Å². The fourth-order valence-corrected chi connectivity index (χ4v) is 2.74. The Labute approximate surface area is 117 Å². The first-order chi connectivity index (χ1) is 8.67. The number of nitrogens with zero attached hydrogens (tertiary/aromatic N) is 3. The summed E-state index contributed by atoms with van der Waals surface area (Å²) in [5.41, 5.74) is 0.595. The smallest absolute Gasteiger partial charge is 0.262 e. The van der Waals surface area contributed by atoms with Gasteiger partial charge in [0.25, 0.3) is 5.56 Å². The van der Waals surface area contributed by atoms with E-state index in [0.29, 0.717) is 22.6 Å². The third-order valence-corrected chi connectivity index (χ3v) is 3.80. The van der Waals surface area contributed by atoms with Crippen molar-refractivity contribution < 1.29 is 0 Å². The second kappa shape index (κ2) is 5.55. The van der Waals surface area contributed by atoms with Gasteiger partial charge in [-0.1, -0.05) is 27.7 Å². The Hall–Kier alpha value is -1.32. The van der Waals surface area contributed by atoms with Crippen LogP contribution in [0.25, 0.3) is 10.9 Å². The van der Waals surface area contributed by atoms with Crippen LogP contribution < -0.4 is 5.56 Å². The second-order valence-electron chi connectivity index (χ2n) is 3.55. The summed E-state index contributed by atoms with van der Waals surface area (Å²) in [6, 6.07) is 7.47. The zero-order chi connectivity index (χ0) is 13.1. The van der Waals surface area contributed by atoms with Crippen LogP contribution in [0.5, 0.6) is 0 Å². The van der Waals surface area contributed by atoms with Crippen molar-refractivity contribution in [1.82, 2.24) is 9.55 Å². The van der Waals surface area contributed by atoms with E-state index in [1.54, 1.807) is 16.7 Å². The molecular weight excluding hydrogens is 314 g/mol. The topological polar surface area (TPSA) is 58.7 Å². The minimum absolute atomic E-state index is 0.0655. The van der Waals surface area contributed by atoms with Gasteiger partial charge in [0.2, 0.25) is 0 Å². The number of nitriles is 1. The summed E-state index contributed by atoms with van der Waals surface area (Å²) in [4.78, 5) is 16.7. The summed E-state index contributed by atoms with van der Waals surface area (Å²) in [6.45, 7) is 2.44. The van der Waals surface area contributed by atoms with Gasteiger partial charge >= 0.3 is 0 Å². The zero-order valence-electron chi connectivity index (χ0n) is 9.68. The van der Waals surface area contributed by atoms with Crippen LogP contribution in [0.1, 0.15) is 6.92 Å². The Balaban J connectivity index is 2.70. The summed E-state index contributed by atoms with van der Waals surface area (Å²) in [6.07, 6.45) is 0. The van der Waals surface area contributed by atoms with E-state index in [4.69, 9.17) is 5.26 Å². The summed E-state index contributed by atoms with van der Waals surface area (Å²) in [5.74, 6) is 0.286. The first-order valence-electron chi connectivity index (χ1n) is 5.37. The molecule has 6 heteroatoms. The van der Waals surface area contributed by atoms with E-state index >= 15 is 0 Å². The van der Waals surface area contributed by atoms with Gasteiger partial charge in [0.1, 0.15) is 0 Å². The third-order valence-electron chi connectivity index (χ3n) is 2.46. The van der Waals surface area contributed by atoms with Crippen LogP contribution in [-0.4, -0.2) is 15.3 Å². The highest BCUT2D eigenvalue weighted by Crippen LogP contribution is 2.20. The SMILES string of the molecule is CCn1c(SCC#N)nc2ccc(Br)cc2c1=O. The number of thioether (sulfide) groups is 1. The number of halogens is 1. The maximum atomic E-state index is 12.3. The summed E-state index contributed by atoms with van der Waals surface area (Å²) < 4.78 is 2.45. The van der Waals surface area contributed by atoms with Crippen molar-refractivity contribution in [2.24, 2.45) is 0 Å². The number of aromatic nitrogens is 2. The minimum atomic E-state index is -0.0655. The fourth-order valence-electron chi connectivity index (χ4n) is 1.66. The number of fused-ring (bicyclic) bond motifs is 1. The summed E-state index contributed by atoms with van der Waals surface area (Å²) in [5, 5.41) is 9.80. The Morgan fingerprint density at radius 2 is 2.33 bits per heavy atom. The first-order valence-corrected chi connectivity index (χ1v) is 7.15. The molecule has 0 saturated carbocycles. The third kappa shape index (κ3) is 2.42. The Morgan fingerprint density at radius 3 is 3.00 bits per heavy atom. The van der Waals surface area contributed by atoms with Gasteiger partial charge in [0.15, 0.2) is 5.16 Å². The van der Waals surface area contributed by atoms with Crippen LogP contribution in [0, 0.1) is 11.3 Å². The van der Waals surface area contributed by atoms with E-state index in [2.05, 4.69) is 20.9 Å². The first kappa shape index (κ1) is 13.1. The van der Waals surface area contributed by atoms with Crippen LogP contribution in [0.15, 0.2) is 32.6 Å². The number of rotatable bonds is 3. The van der Waals surface area contributed by atoms with E-state index in [-0.39, 0.29) is 11.3 Å². The lowest BCUT2D eigenvalue weighted by molar-refractivity contribution is 0.635. The molecule has 0 N–H and O–H groups in total. The molecule has 2 aromatic rings. The Kier molecular flexibility index (Phi) is 4.04. The molecule has 18 heavy (non-hydrogen) atoms. The Morgan fingerprint density at radius 1 is 1.56 bits per heavy atom. The van der Waals surface area contributed by atoms with Crippen molar-refractivity contribution in [2.75, 3.05) is 5.75 Å². The Bertz CT molecular complexity index is 690. The average Bonchev–Trinajstić information content (AvgIpc) is 2.37. The summed E-state index contributed by atoms with van der Waals surface area (Å²) >= 11 is 4.63. The average molecular weight is 324 g/mol. The molecule has 0 atom stereocenters. The van der Waals surface area contributed by atoms with Crippen LogP contribution in [-0.2, 0) is 6.54 Å².